The third-order valence-corrected chi connectivity index (χ3v) is 2.83. The predicted molar refractivity (Wildman–Crippen MR) is 64.5 cm³/mol. The smallest absolute Gasteiger partial charge is 0.307 e. The monoisotopic (exact) mass is 268 g/mol. The maximum atomic E-state index is 13.1. The van der Waals surface area contributed by atoms with Crippen molar-refractivity contribution in [1.29, 1.82) is 0 Å². The molecule has 0 saturated carbocycles. The van der Waals surface area contributed by atoms with Crippen molar-refractivity contribution < 1.29 is 18.5 Å². The number of carbonyl (C=O) groups is 1. The van der Waals surface area contributed by atoms with Gasteiger partial charge in [-0.15, -0.1) is 0 Å². The highest BCUT2D eigenvalue weighted by Gasteiger charge is 2.35. The zero-order valence-electron chi connectivity index (χ0n) is 10.2. The zero-order chi connectivity index (χ0) is 14.4. The van der Waals surface area contributed by atoms with Gasteiger partial charge in [-0.3, -0.25) is 14.9 Å². The fourth-order valence-corrected chi connectivity index (χ4v) is 1.90. The van der Waals surface area contributed by atoms with Gasteiger partial charge in [0.05, 0.1) is 10.4 Å². The maximum Gasteiger partial charge on any atom is 0.307 e. The summed E-state index contributed by atoms with van der Waals surface area (Å²) in [7, 11) is 1.54. The van der Waals surface area contributed by atoms with Crippen molar-refractivity contribution in [2.75, 3.05) is 0 Å². The number of nitrogens with zero attached hydrogens (tertiary/aromatic N) is 2. The van der Waals surface area contributed by atoms with E-state index < -0.39 is 16.6 Å². The van der Waals surface area contributed by atoms with Crippen LogP contribution in [-0.2, 0) is 7.05 Å². The number of aryl methyl sites for hydroxylation is 1. The Labute approximate surface area is 106 Å². The Morgan fingerprint density at radius 3 is 2.58 bits per heavy atom. The molecule has 19 heavy (non-hydrogen) atoms. The summed E-state index contributed by atoms with van der Waals surface area (Å²) < 4.78 is 27.6. The summed E-state index contributed by atoms with van der Waals surface area (Å²) in [5, 5.41) is 10.9. The molecule has 0 amide bonds. The molecular formula is C12H10F2N2O3. The number of benzene rings is 1. The van der Waals surface area contributed by atoms with E-state index in [1.165, 1.54) is 36.0 Å². The summed E-state index contributed by atoms with van der Waals surface area (Å²) in [6.07, 6.45) is 1.26. The average Bonchev–Trinajstić information content (AvgIpc) is 2.64. The number of alkyl halides is 2. The number of carbonyl (C=O) groups excluding carboxylic acids is 1. The Bertz CT molecular complexity index is 686. The van der Waals surface area contributed by atoms with Gasteiger partial charge in [0.1, 0.15) is 0 Å². The molecule has 0 bridgehead atoms. The van der Waals surface area contributed by atoms with E-state index in [1.54, 1.807) is 0 Å². The fraction of sp³-hybridized carbons (Fsp3) is 0.250. The fourth-order valence-electron chi connectivity index (χ4n) is 1.90. The molecule has 1 aromatic carbocycles. The number of fused-ring (bicyclic) bond motifs is 1. The summed E-state index contributed by atoms with van der Waals surface area (Å²) in [6, 6.07) is 3.75. The molecule has 0 atom stereocenters. The Hall–Kier alpha value is -2.31. The Kier molecular flexibility index (Phi) is 2.84. The summed E-state index contributed by atoms with van der Waals surface area (Å²) in [5.41, 5.74) is 0.0673. The molecule has 0 saturated heterocycles. The van der Waals surface area contributed by atoms with Gasteiger partial charge in [0.15, 0.2) is 0 Å². The summed E-state index contributed by atoms with van der Waals surface area (Å²) in [5.74, 6) is -4.78. The minimum atomic E-state index is -3.48. The van der Waals surface area contributed by atoms with E-state index in [0.717, 1.165) is 0 Å². The van der Waals surface area contributed by atoms with Crippen LogP contribution in [-0.4, -0.2) is 21.2 Å². The van der Waals surface area contributed by atoms with Crippen molar-refractivity contribution in [1.82, 2.24) is 4.57 Å². The van der Waals surface area contributed by atoms with E-state index >= 15 is 0 Å². The second-order valence-electron chi connectivity index (χ2n) is 4.33. The van der Waals surface area contributed by atoms with Crippen LogP contribution in [0.25, 0.3) is 10.9 Å². The Morgan fingerprint density at radius 1 is 1.42 bits per heavy atom. The third-order valence-electron chi connectivity index (χ3n) is 2.83. The molecule has 5 nitrogen and oxygen atoms in total. The molecule has 7 heteroatoms. The van der Waals surface area contributed by atoms with Crippen LogP contribution in [0.3, 0.4) is 0 Å². The van der Waals surface area contributed by atoms with E-state index in [2.05, 4.69) is 0 Å². The lowest BCUT2D eigenvalue weighted by molar-refractivity contribution is -0.384. The number of halogens is 2. The highest BCUT2D eigenvalue weighted by molar-refractivity contribution is 6.11. The number of hydrogen-bond donors (Lipinski definition) is 0. The molecule has 0 aliphatic heterocycles. The molecule has 0 aliphatic carbocycles. The predicted octanol–water partition coefficient (Wildman–Crippen LogP) is 2.92. The molecule has 1 heterocycles. The van der Waals surface area contributed by atoms with Gasteiger partial charge in [0.2, 0.25) is 5.78 Å². The minimum absolute atomic E-state index is 0.139. The number of rotatable bonds is 3. The molecular weight excluding hydrogens is 258 g/mol. The largest absolute Gasteiger partial charge is 0.350 e. The standard InChI is InChI=1S/C12H10F2N2O3/c1-12(13,14)11(17)9-6-15(2)10-5-7(16(18)19)3-4-8(9)10/h3-6H,1-2H3. The van der Waals surface area contributed by atoms with Crippen LogP contribution in [0.4, 0.5) is 14.5 Å². The number of Topliss-reactive ketones (excluding diaryl/α,β-unsaturated/α-hetero) is 1. The second-order valence-corrected chi connectivity index (χ2v) is 4.33. The molecule has 100 valence electrons. The minimum Gasteiger partial charge on any atom is -0.350 e. The van der Waals surface area contributed by atoms with Gasteiger partial charge in [-0.25, -0.2) is 0 Å². The molecule has 0 fully saturated rings. The lowest BCUT2D eigenvalue weighted by atomic mass is 10.1. The van der Waals surface area contributed by atoms with Crippen molar-refractivity contribution in [2.24, 2.45) is 7.05 Å². The van der Waals surface area contributed by atoms with Gasteiger partial charge in [0.25, 0.3) is 5.69 Å². The molecule has 1 aromatic heterocycles. The van der Waals surface area contributed by atoms with E-state index in [4.69, 9.17) is 0 Å². The van der Waals surface area contributed by atoms with Gasteiger partial charge in [0, 0.05) is 43.3 Å². The first-order valence-corrected chi connectivity index (χ1v) is 5.38. The van der Waals surface area contributed by atoms with Crippen molar-refractivity contribution in [3.05, 3.63) is 40.1 Å². The lowest BCUT2D eigenvalue weighted by Crippen LogP contribution is -2.24. The van der Waals surface area contributed by atoms with Gasteiger partial charge >= 0.3 is 5.92 Å². The number of ketones is 1. The zero-order valence-corrected chi connectivity index (χ0v) is 10.2. The summed E-state index contributed by atoms with van der Waals surface area (Å²) >= 11 is 0. The van der Waals surface area contributed by atoms with E-state index in [9.17, 15) is 23.7 Å². The molecule has 0 radical (unpaired) electrons. The first-order chi connectivity index (χ1) is 8.71. The maximum absolute atomic E-state index is 13.1. The van der Waals surface area contributed by atoms with Gasteiger partial charge in [-0.1, -0.05) is 0 Å². The molecule has 0 spiro atoms. The normalized spacial score (nSPS) is 11.8. The molecule has 2 aromatic rings. The van der Waals surface area contributed by atoms with Crippen molar-refractivity contribution in [3.63, 3.8) is 0 Å². The molecule has 0 aliphatic rings. The lowest BCUT2D eigenvalue weighted by Gasteiger charge is -2.07. The molecule has 2 rings (SSSR count). The van der Waals surface area contributed by atoms with E-state index in [1.807, 2.05) is 0 Å². The van der Waals surface area contributed by atoms with E-state index in [-0.39, 0.29) is 16.6 Å². The van der Waals surface area contributed by atoms with Gasteiger partial charge in [-0.05, 0) is 6.07 Å². The van der Waals surface area contributed by atoms with Crippen LogP contribution < -0.4 is 0 Å². The topological polar surface area (TPSA) is 65.1 Å². The van der Waals surface area contributed by atoms with Crippen LogP contribution in [0, 0.1) is 10.1 Å². The highest BCUT2D eigenvalue weighted by atomic mass is 19.3. The van der Waals surface area contributed by atoms with Crippen LogP contribution >= 0.6 is 0 Å². The number of hydrogen-bond acceptors (Lipinski definition) is 3. The number of nitro benzene ring substituents is 1. The number of non-ortho nitro benzene ring substituents is 1. The van der Waals surface area contributed by atoms with Crippen molar-refractivity contribution in [3.8, 4) is 0 Å². The third kappa shape index (κ3) is 2.18. The van der Waals surface area contributed by atoms with Crippen LogP contribution in [0.15, 0.2) is 24.4 Å². The SMILES string of the molecule is Cn1cc(C(=O)C(C)(F)F)c2ccc([N+](=O)[O-])cc21. The second kappa shape index (κ2) is 4.11. The van der Waals surface area contributed by atoms with Crippen LogP contribution in [0.5, 0.6) is 0 Å². The quantitative estimate of drug-likeness (QED) is 0.488. The van der Waals surface area contributed by atoms with Crippen LogP contribution in [0.1, 0.15) is 17.3 Å². The van der Waals surface area contributed by atoms with E-state index in [0.29, 0.717) is 12.4 Å². The number of aromatic nitrogens is 1. The van der Waals surface area contributed by atoms with Crippen molar-refractivity contribution in [2.45, 2.75) is 12.8 Å². The Balaban J connectivity index is 2.67. The average molecular weight is 268 g/mol. The Morgan fingerprint density at radius 2 is 2.05 bits per heavy atom. The van der Waals surface area contributed by atoms with Gasteiger partial charge < -0.3 is 4.57 Å². The summed E-state index contributed by atoms with van der Waals surface area (Å²) in [6.45, 7) is 0.527. The molecule has 0 N–H and O–H groups in total. The molecule has 0 unspecified atom stereocenters. The highest BCUT2D eigenvalue weighted by Crippen LogP contribution is 2.29. The first kappa shape index (κ1) is 13.1. The summed E-state index contributed by atoms with van der Waals surface area (Å²) in [4.78, 5) is 21.7. The number of nitro groups is 1. The van der Waals surface area contributed by atoms with Crippen molar-refractivity contribution >= 4 is 22.4 Å². The first-order valence-electron chi connectivity index (χ1n) is 5.38. The van der Waals surface area contributed by atoms with Crippen LogP contribution in [0.2, 0.25) is 0 Å². The van der Waals surface area contributed by atoms with Gasteiger partial charge in [-0.2, -0.15) is 8.78 Å².